The first-order valence-corrected chi connectivity index (χ1v) is 7.65. The Labute approximate surface area is 108 Å². The number of aromatic nitrogens is 2. The Kier molecular flexibility index (Phi) is 3.73. The van der Waals surface area contributed by atoms with Crippen molar-refractivity contribution in [3.63, 3.8) is 0 Å². The van der Waals surface area contributed by atoms with E-state index >= 15 is 0 Å². The number of hydrogen-bond donors (Lipinski definition) is 2. The zero-order valence-electron chi connectivity index (χ0n) is 9.37. The summed E-state index contributed by atoms with van der Waals surface area (Å²) in [5, 5.41) is 14.6. The summed E-state index contributed by atoms with van der Waals surface area (Å²) in [7, 11) is -3.86. The van der Waals surface area contributed by atoms with Gasteiger partial charge in [0.1, 0.15) is 0 Å². The van der Waals surface area contributed by atoms with Gasteiger partial charge in [-0.3, -0.25) is 4.79 Å². The van der Waals surface area contributed by atoms with E-state index in [0.717, 1.165) is 24.2 Å². The normalized spacial score (nSPS) is 19.7. The molecule has 7 nitrogen and oxygen atoms in total. The van der Waals surface area contributed by atoms with Crippen molar-refractivity contribution >= 4 is 32.4 Å². The number of allylic oxidation sites excluding steroid dienone is 2. The minimum absolute atomic E-state index is 0.100. The van der Waals surface area contributed by atoms with Crippen LogP contribution < -0.4 is 10.5 Å². The van der Waals surface area contributed by atoms with Crippen molar-refractivity contribution in [2.45, 2.75) is 23.6 Å². The molecule has 0 radical (unpaired) electrons. The van der Waals surface area contributed by atoms with Crippen LogP contribution >= 0.6 is 11.3 Å². The van der Waals surface area contributed by atoms with E-state index in [4.69, 9.17) is 5.14 Å². The lowest BCUT2D eigenvalue weighted by molar-refractivity contribution is -0.120. The molecule has 1 aromatic rings. The van der Waals surface area contributed by atoms with Crippen LogP contribution in [0.2, 0.25) is 0 Å². The number of rotatable bonds is 3. The van der Waals surface area contributed by atoms with Gasteiger partial charge in [0.2, 0.25) is 15.4 Å². The van der Waals surface area contributed by atoms with E-state index in [1.807, 2.05) is 12.2 Å². The molecule has 1 heterocycles. The molecule has 18 heavy (non-hydrogen) atoms. The number of nitrogens with zero attached hydrogens (tertiary/aromatic N) is 2. The molecule has 3 N–H and O–H groups in total. The van der Waals surface area contributed by atoms with Crippen molar-refractivity contribution in [3.05, 3.63) is 12.2 Å². The van der Waals surface area contributed by atoms with E-state index in [1.54, 1.807) is 0 Å². The maximum atomic E-state index is 11.8. The first kappa shape index (κ1) is 13.1. The number of primary sulfonamides is 1. The summed E-state index contributed by atoms with van der Waals surface area (Å²) < 4.78 is 21.7. The van der Waals surface area contributed by atoms with Crippen molar-refractivity contribution in [3.8, 4) is 0 Å². The van der Waals surface area contributed by atoms with Gasteiger partial charge in [0, 0.05) is 5.92 Å². The summed E-state index contributed by atoms with van der Waals surface area (Å²) in [5.74, 6) is -0.270. The van der Waals surface area contributed by atoms with Gasteiger partial charge in [-0.1, -0.05) is 23.5 Å². The van der Waals surface area contributed by atoms with Gasteiger partial charge in [-0.25, -0.2) is 13.6 Å². The summed E-state index contributed by atoms with van der Waals surface area (Å²) in [6, 6.07) is 0. The maximum absolute atomic E-state index is 11.8. The molecule has 0 saturated heterocycles. The van der Waals surface area contributed by atoms with Crippen LogP contribution in [0.15, 0.2) is 16.5 Å². The number of amides is 1. The zero-order chi connectivity index (χ0) is 13.2. The molecule has 9 heteroatoms. The predicted molar refractivity (Wildman–Crippen MR) is 66.4 cm³/mol. The van der Waals surface area contributed by atoms with Crippen molar-refractivity contribution in [2.24, 2.45) is 11.1 Å². The number of carbonyl (C=O) groups is 1. The van der Waals surface area contributed by atoms with Crippen LogP contribution in [0.5, 0.6) is 0 Å². The van der Waals surface area contributed by atoms with Crippen molar-refractivity contribution < 1.29 is 13.2 Å². The fourth-order valence-electron chi connectivity index (χ4n) is 1.61. The van der Waals surface area contributed by atoms with Crippen LogP contribution in [0.1, 0.15) is 19.3 Å². The third-order valence-corrected chi connectivity index (χ3v) is 4.67. The Hall–Kier alpha value is -1.32. The second-order valence-corrected chi connectivity index (χ2v) is 6.60. The van der Waals surface area contributed by atoms with E-state index in [-0.39, 0.29) is 21.3 Å². The SMILES string of the molecule is NS(=O)(=O)c1nnc(NC(=O)[C@H]2CC=CCC2)s1. The summed E-state index contributed by atoms with van der Waals surface area (Å²) in [5.41, 5.74) is 0. The van der Waals surface area contributed by atoms with Crippen LogP contribution in [0.25, 0.3) is 0 Å². The number of carbonyl (C=O) groups excluding carboxylic acids is 1. The third kappa shape index (κ3) is 3.12. The molecule has 1 atom stereocenters. The highest BCUT2D eigenvalue weighted by molar-refractivity contribution is 7.91. The van der Waals surface area contributed by atoms with Crippen molar-refractivity contribution in [1.82, 2.24) is 10.2 Å². The molecule has 1 amide bonds. The number of hydrogen-bond acceptors (Lipinski definition) is 6. The molecule has 1 aliphatic carbocycles. The Morgan fingerprint density at radius 1 is 1.44 bits per heavy atom. The molecule has 0 saturated carbocycles. The fourth-order valence-corrected chi connectivity index (χ4v) is 2.95. The molecule has 0 aliphatic heterocycles. The van der Waals surface area contributed by atoms with Gasteiger partial charge in [-0.05, 0) is 19.3 Å². The summed E-state index contributed by atoms with van der Waals surface area (Å²) in [4.78, 5) is 11.8. The van der Waals surface area contributed by atoms with Gasteiger partial charge in [-0.2, -0.15) is 0 Å². The lowest BCUT2D eigenvalue weighted by Gasteiger charge is -2.15. The summed E-state index contributed by atoms with van der Waals surface area (Å²) in [6.45, 7) is 0. The minimum Gasteiger partial charge on any atom is -0.300 e. The van der Waals surface area contributed by atoms with Gasteiger partial charge < -0.3 is 5.32 Å². The zero-order valence-corrected chi connectivity index (χ0v) is 11.0. The standard InChI is InChI=1S/C9H12N4O3S2/c10-18(15,16)9-13-12-8(17-9)11-7(14)6-4-2-1-3-5-6/h1-2,6H,3-5H2,(H2,10,15,16)(H,11,12,14)/t6-/m0/s1. The number of anilines is 1. The third-order valence-electron chi connectivity index (χ3n) is 2.52. The Balaban J connectivity index is 2.03. The van der Waals surface area contributed by atoms with Gasteiger partial charge >= 0.3 is 0 Å². The largest absolute Gasteiger partial charge is 0.300 e. The number of nitrogens with two attached hydrogens (primary N) is 1. The van der Waals surface area contributed by atoms with Gasteiger partial charge in [0.05, 0.1) is 0 Å². The van der Waals surface area contributed by atoms with Crippen molar-refractivity contribution in [2.75, 3.05) is 5.32 Å². The molecular formula is C9H12N4O3S2. The molecule has 1 aromatic heterocycles. The first-order valence-electron chi connectivity index (χ1n) is 5.29. The van der Waals surface area contributed by atoms with E-state index in [1.165, 1.54) is 0 Å². The Morgan fingerprint density at radius 2 is 2.22 bits per heavy atom. The quantitative estimate of drug-likeness (QED) is 0.620. The Bertz CT molecular complexity index is 578. The van der Waals surface area contributed by atoms with Crippen LogP contribution in [0.3, 0.4) is 0 Å². The summed E-state index contributed by atoms with van der Waals surface area (Å²) >= 11 is 0.747. The van der Waals surface area contributed by atoms with E-state index in [2.05, 4.69) is 15.5 Å². The smallest absolute Gasteiger partial charge is 0.267 e. The highest BCUT2D eigenvalue weighted by Gasteiger charge is 2.21. The first-order chi connectivity index (χ1) is 8.47. The fraction of sp³-hybridized carbons (Fsp3) is 0.444. The molecule has 0 unspecified atom stereocenters. The molecule has 0 fully saturated rings. The van der Waals surface area contributed by atoms with E-state index < -0.39 is 10.0 Å². The molecular weight excluding hydrogens is 276 g/mol. The van der Waals surface area contributed by atoms with Crippen LogP contribution in [-0.2, 0) is 14.8 Å². The van der Waals surface area contributed by atoms with Crippen LogP contribution in [-0.4, -0.2) is 24.5 Å². The molecule has 0 bridgehead atoms. The molecule has 2 rings (SSSR count). The predicted octanol–water partition coefficient (Wildman–Crippen LogP) is 0.480. The average Bonchev–Trinajstić information content (AvgIpc) is 2.78. The van der Waals surface area contributed by atoms with Gasteiger partial charge in [-0.15, -0.1) is 10.2 Å². The number of sulfonamides is 1. The molecule has 0 aromatic carbocycles. The number of nitrogens with one attached hydrogen (secondary N) is 1. The lowest BCUT2D eigenvalue weighted by atomic mass is 9.94. The van der Waals surface area contributed by atoms with Crippen LogP contribution in [0, 0.1) is 5.92 Å². The topological polar surface area (TPSA) is 115 Å². The summed E-state index contributed by atoms with van der Waals surface area (Å²) in [6.07, 6.45) is 6.34. The highest BCUT2D eigenvalue weighted by atomic mass is 32.2. The van der Waals surface area contributed by atoms with E-state index in [9.17, 15) is 13.2 Å². The monoisotopic (exact) mass is 288 g/mol. The van der Waals surface area contributed by atoms with Gasteiger partial charge in [0.15, 0.2) is 0 Å². The molecule has 0 spiro atoms. The highest BCUT2D eigenvalue weighted by Crippen LogP contribution is 2.22. The van der Waals surface area contributed by atoms with Crippen molar-refractivity contribution in [1.29, 1.82) is 0 Å². The van der Waals surface area contributed by atoms with E-state index in [0.29, 0.717) is 6.42 Å². The second kappa shape index (κ2) is 5.12. The lowest BCUT2D eigenvalue weighted by Crippen LogP contribution is -2.23. The molecule has 98 valence electrons. The Morgan fingerprint density at radius 3 is 2.78 bits per heavy atom. The maximum Gasteiger partial charge on any atom is 0.267 e. The second-order valence-electron chi connectivity index (χ2n) is 3.89. The average molecular weight is 288 g/mol. The van der Waals surface area contributed by atoms with Crippen LogP contribution in [0.4, 0.5) is 5.13 Å². The molecule has 1 aliphatic rings. The minimum atomic E-state index is -3.86. The van der Waals surface area contributed by atoms with Gasteiger partial charge in [0.25, 0.3) is 10.0 Å².